The standard InChI is InChI=1S/C28H43NO8/c1-14(4-7-24(35)37-29-13-15(30)10-23(29)34)16-5-6-17-25-18(12-22(33)28(16,17)3)27(2)9-8-20(31)26(36)19(27)11-21(25)32/h14,16-22,25-26,31-33,36H,4-13H2,1-3H3/t14-,16-,17+,18+,19-,20-,21-,22+,25+,26-,27-,28-/m1/s1. The van der Waals surface area contributed by atoms with Gasteiger partial charge in [0.15, 0.2) is 5.78 Å². The summed E-state index contributed by atoms with van der Waals surface area (Å²) < 4.78 is 0. The molecular formula is C28H43NO8. The predicted octanol–water partition coefficient (Wildman–Crippen LogP) is 1.59. The molecule has 5 fully saturated rings. The van der Waals surface area contributed by atoms with Crippen molar-refractivity contribution < 1.29 is 39.6 Å². The molecule has 0 radical (unpaired) electrons. The van der Waals surface area contributed by atoms with E-state index in [1.165, 1.54) is 0 Å². The Morgan fingerprint density at radius 1 is 1.03 bits per heavy atom. The number of Topliss-reactive ketones (excluding diaryl/α,β-unsaturated/α-hetero) is 1. The highest BCUT2D eigenvalue weighted by Crippen LogP contribution is 2.68. The molecule has 5 rings (SSSR count). The Hall–Kier alpha value is -1.55. The molecular weight excluding hydrogens is 478 g/mol. The zero-order chi connectivity index (χ0) is 26.9. The van der Waals surface area contributed by atoms with Gasteiger partial charge in [0.05, 0.1) is 30.8 Å². The fourth-order valence-corrected chi connectivity index (χ4v) is 9.55. The third kappa shape index (κ3) is 4.24. The second-order valence-corrected chi connectivity index (χ2v) is 13.2. The van der Waals surface area contributed by atoms with Crippen molar-refractivity contribution in [2.75, 3.05) is 6.54 Å². The summed E-state index contributed by atoms with van der Waals surface area (Å²) in [5, 5.41) is 45.0. The number of aliphatic hydroxyl groups is 4. The average molecular weight is 522 g/mol. The van der Waals surface area contributed by atoms with Crippen LogP contribution in [0.5, 0.6) is 0 Å². The fourth-order valence-electron chi connectivity index (χ4n) is 9.55. The van der Waals surface area contributed by atoms with Gasteiger partial charge in [0.1, 0.15) is 6.54 Å². The van der Waals surface area contributed by atoms with Gasteiger partial charge in [-0.3, -0.25) is 9.59 Å². The van der Waals surface area contributed by atoms with Crippen LogP contribution in [0, 0.1) is 46.3 Å². The van der Waals surface area contributed by atoms with Crippen LogP contribution in [-0.2, 0) is 19.2 Å². The number of aliphatic hydroxyl groups excluding tert-OH is 4. The van der Waals surface area contributed by atoms with Crippen molar-refractivity contribution in [3.05, 3.63) is 0 Å². The molecule has 1 saturated heterocycles. The maximum Gasteiger partial charge on any atom is 0.332 e. The van der Waals surface area contributed by atoms with E-state index in [-0.39, 0.29) is 66.1 Å². The topological polar surface area (TPSA) is 145 Å². The first kappa shape index (κ1) is 27.0. The highest BCUT2D eigenvalue weighted by atomic mass is 16.7. The first-order valence-corrected chi connectivity index (χ1v) is 14.1. The van der Waals surface area contributed by atoms with Gasteiger partial charge in [0.25, 0.3) is 5.91 Å². The normalized spacial score (nSPS) is 48.3. The van der Waals surface area contributed by atoms with Crippen molar-refractivity contribution in [3.8, 4) is 0 Å². The molecule has 4 aliphatic carbocycles. The lowest BCUT2D eigenvalue weighted by molar-refractivity contribution is -0.228. The molecule has 0 unspecified atom stereocenters. The Labute approximate surface area is 218 Å². The number of hydrogen-bond acceptors (Lipinski definition) is 8. The zero-order valence-corrected chi connectivity index (χ0v) is 22.2. The molecule has 1 aliphatic heterocycles. The van der Waals surface area contributed by atoms with E-state index in [1.807, 2.05) is 0 Å². The minimum atomic E-state index is -0.843. The van der Waals surface area contributed by atoms with E-state index < -0.39 is 41.7 Å². The van der Waals surface area contributed by atoms with E-state index >= 15 is 0 Å². The minimum Gasteiger partial charge on any atom is -0.393 e. The lowest BCUT2D eigenvalue weighted by atomic mass is 9.42. The van der Waals surface area contributed by atoms with Crippen LogP contribution in [0.25, 0.3) is 0 Å². The largest absolute Gasteiger partial charge is 0.393 e. The Bertz CT molecular complexity index is 941. The van der Waals surface area contributed by atoms with Crippen molar-refractivity contribution in [1.29, 1.82) is 0 Å². The summed E-state index contributed by atoms with van der Waals surface area (Å²) in [6.45, 7) is 6.25. The first-order valence-electron chi connectivity index (χ1n) is 14.1. The molecule has 0 bridgehead atoms. The maximum atomic E-state index is 12.4. The Balaban J connectivity index is 1.28. The molecule has 1 amide bonds. The molecule has 5 aliphatic rings. The van der Waals surface area contributed by atoms with Crippen molar-refractivity contribution in [1.82, 2.24) is 5.06 Å². The number of carbonyl (C=O) groups is 3. The summed E-state index contributed by atoms with van der Waals surface area (Å²) in [4.78, 5) is 40.7. The van der Waals surface area contributed by atoms with Gasteiger partial charge in [-0.1, -0.05) is 20.8 Å². The Morgan fingerprint density at radius 3 is 2.43 bits per heavy atom. The van der Waals surface area contributed by atoms with Crippen molar-refractivity contribution in [2.24, 2.45) is 46.3 Å². The molecule has 208 valence electrons. The summed E-state index contributed by atoms with van der Waals surface area (Å²) >= 11 is 0. The van der Waals surface area contributed by atoms with Gasteiger partial charge in [0, 0.05) is 6.42 Å². The SMILES string of the molecule is C[C@H](CCC(=O)ON1CC(=O)CC1=O)[C@H]1CC[C@H]2[C@@H]3[C@H](O)C[C@@H]4[C@@H](O)[C@H](O)CC[C@]4(C)[C@H]3C[C@H](O)[C@]12C. The second kappa shape index (κ2) is 9.57. The molecule has 0 spiro atoms. The number of ketones is 1. The molecule has 4 N–H and O–H groups in total. The van der Waals surface area contributed by atoms with Crippen LogP contribution in [0.3, 0.4) is 0 Å². The minimum absolute atomic E-state index is 0.0398. The van der Waals surface area contributed by atoms with Crippen LogP contribution >= 0.6 is 0 Å². The predicted molar refractivity (Wildman–Crippen MR) is 131 cm³/mol. The van der Waals surface area contributed by atoms with E-state index in [9.17, 15) is 34.8 Å². The summed E-state index contributed by atoms with van der Waals surface area (Å²) in [6, 6.07) is 0. The lowest BCUT2D eigenvalue weighted by Gasteiger charge is -2.64. The van der Waals surface area contributed by atoms with Gasteiger partial charge >= 0.3 is 5.97 Å². The molecule has 37 heavy (non-hydrogen) atoms. The van der Waals surface area contributed by atoms with E-state index in [2.05, 4.69) is 20.8 Å². The van der Waals surface area contributed by atoms with E-state index in [0.29, 0.717) is 25.7 Å². The molecule has 12 atom stereocenters. The van der Waals surface area contributed by atoms with Gasteiger partial charge in [-0.05, 0) is 91.3 Å². The lowest BCUT2D eigenvalue weighted by Crippen LogP contribution is -2.64. The monoisotopic (exact) mass is 521 g/mol. The van der Waals surface area contributed by atoms with Gasteiger partial charge in [-0.25, -0.2) is 4.79 Å². The van der Waals surface area contributed by atoms with Crippen LogP contribution in [-0.4, -0.2) is 74.1 Å². The summed E-state index contributed by atoms with van der Waals surface area (Å²) in [5.41, 5.74) is -0.620. The third-order valence-electron chi connectivity index (χ3n) is 11.6. The van der Waals surface area contributed by atoms with Gasteiger partial charge in [-0.15, -0.1) is 0 Å². The maximum absolute atomic E-state index is 12.4. The quantitative estimate of drug-likeness (QED) is 0.399. The first-order chi connectivity index (χ1) is 17.4. The van der Waals surface area contributed by atoms with Gasteiger partial charge < -0.3 is 25.3 Å². The molecule has 0 aromatic rings. The van der Waals surface area contributed by atoms with Crippen molar-refractivity contribution in [2.45, 2.75) is 103 Å². The number of carbonyl (C=O) groups excluding carboxylic acids is 3. The number of hydroxylamine groups is 2. The van der Waals surface area contributed by atoms with Crippen molar-refractivity contribution >= 4 is 17.7 Å². The summed E-state index contributed by atoms with van der Waals surface area (Å²) in [5.74, 6) is -0.885. The summed E-state index contributed by atoms with van der Waals surface area (Å²) in [7, 11) is 0. The molecule has 9 heteroatoms. The van der Waals surface area contributed by atoms with E-state index in [4.69, 9.17) is 4.84 Å². The fraction of sp³-hybridized carbons (Fsp3) is 0.893. The smallest absolute Gasteiger partial charge is 0.332 e. The number of rotatable bonds is 5. The molecule has 0 aromatic carbocycles. The van der Waals surface area contributed by atoms with Crippen molar-refractivity contribution in [3.63, 3.8) is 0 Å². The number of hydrogen-bond donors (Lipinski definition) is 4. The van der Waals surface area contributed by atoms with Gasteiger partial charge in [-0.2, -0.15) is 5.06 Å². The van der Waals surface area contributed by atoms with E-state index in [0.717, 1.165) is 24.3 Å². The second-order valence-electron chi connectivity index (χ2n) is 13.2. The third-order valence-corrected chi connectivity index (χ3v) is 11.6. The molecule has 1 heterocycles. The van der Waals surface area contributed by atoms with Crippen LogP contribution in [0.2, 0.25) is 0 Å². The number of amides is 1. The number of fused-ring (bicyclic) bond motifs is 5. The van der Waals surface area contributed by atoms with E-state index in [1.54, 1.807) is 0 Å². The highest BCUT2D eigenvalue weighted by Gasteiger charge is 2.66. The Morgan fingerprint density at radius 2 is 1.76 bits per heavy atom. The molecule has 9 nitrogen and oxygen atoms in total. The van der Waals surface area contributed by atoms with Crippen LogP contribution in [0.1, 0.15) is 78.6 Å². The summed E-state index contributed by atoms with van der Waals surface area (Å²) in [6.07, 6.45) is 1.90. The van der Waals surface area contributed by atoms with Crippen LogP contribution in [0.4, 0.5) is 0 Å². The Kier molecular flexibility index (Phi) is 7.00. The van der Waals surface area contributed by atoms with Gasteiger partial charge in [0.2, 0.25) is 0 Å². The number of nitrogens with zero attached hydrogens (tertiary/aromatic N) is 1. The zero-order valence-electron chi connectivity index (χ0n) is 22.2. The van der Waals surface area contributed by atoms with Crippen LogP contribution in [0.15, 0.2) is 0 Å². The molecule has 0 aromatic heterocycles. The van der Waals surface area contributed by atoms with Crippen LogP contribution < -0.4 is 0 Å². The molecule has 4 saturated carbocycles. The highest BCUT2D eigenvalue weighted by molar-refractivity contribution is 6.05. The average Bonchev–Trinajstić information content (AvgIpc) is 3.35.